The molecule has 2 N–H and O–H groups in total. The van der Waals surface area contributed by atoms with Gasteiger partial charge in [0, 0.05) is 5.56 Å². The molecule has 0 heterocycles. The first-order chi connectivity index (χ1) is 9.72. The highest BCUT2D eigenvalue weighted by Gasteiger charge is 2.12. The van der Waals surface area contributed by atoms with E-state index in [0.717, 1.165) is 0 Å². The van der Waals surface area contributed by atoms with Gasteiger partial charge < -0.3 is 0 Å². The van der Waals surface area contributed by atoms with Crippen molar-refractivity contribution in [3.05, 3.63) is 70.6 Å². The molecular weight excluding hydrogens is 258 g/mol. The lowest BCUT2D eigenvalue weighted by atomic mass is 10.2. The third-order valence-corrected chi connectivity index (χ3v) is 2.57. The number of amides is 2. The number of hydrogen-bond donors (Lipinski definition) is 2. The summed E-state index contributed by atoms with van der Waals surface area (Å²) in [5, 5.41) is 2.75. The van der Waals surface area contributed by atoms with Crippen LogP contribution in [0.15, 0.2) is 59.8 Å². The molecule has 0 bridgehead atoms. The van der Waals surface area contributed by atoms with E-state index in [1.807, 2.05) is 0 Å². The van der Waals surface area contributed by atoms with Crippen LogP contribution in [-0.4, -0.2) is 11.8 Å². The number of nitroso groups, excluding NO2 is 1. The summed E-state index contributed by atoms with van der Waals surface area (Å²) in [5.74, 6) is -1.06. The molecule has 2 aromatic rings. The standard InChI is InChI=1S/C14H11N3O3/c18-13(10-6-2-1-3-7-10)15-16-14(19)11-8-4-5-9-12(11)17-20/h1-9H,(H,15,18)(H,16,19). The highest BCUT2D eigenvalue weighted by Crippen LogP contribution is 2.17. The molecule has 0 unspecified atom stereocenters. The summed E-state index contributed by atoms with van der Waals surface area (Å²) in [6.45, 7) is 0. The van der Waals surface area contributed by atoms with E-state index in [0.29, 0.717) is 5.56 Å². The molecule has 100 valence electrons. The monoisotopic (exact) mass is 269 g/mol. The van der Waals surface area contributed by atoms with Crippen LogP contribution in [0.1, 0.15) is 20.7 Å². The van der Waals surface area contributed by atoms with Crippen molar-refractivity contribution in [2.75, 3.05) is 0 Å². The van der Waals surface area contributed by atoms with Crippen LogP contribution >= 0.6 is 0 Å². The molecule has 2 rings (SSSR count). The van der Waals surface area contributed by atoms with Gasteiger partial charge in [-0.1, -0.05) is 30.3 Å². The Balaban J connectivity index is 2.02. The van der Waals surface area contributed by atoms with Crippen LogP contribution < -0.4 is 10.9 Å². The summed E-state index contributed by atoms with van der Waals surface area (Å²) in [6, 6.07) is 14.5. The van der Waals surface area contributed by atoms with Crippen molar-refractivity contribution in [1.82, 2.24) is 10.9 Å². The molecule has 6 nitrogen and oxygen atoms in total. The maximum absolute atomic E-state index is 11.8. The van der Waals surface area contributed by atoms with Gasteiger partial charge in [-0.25, -0.2) is 0 Å². The molecule has 0 atom stereocenters. The summed E-state index contributed by atoms with van der Waals surface area (Å²) in [5.41, 5.74) is 5.02. The zero-order valence-electron chi connectivity index (χ0n) is 10.4. The van der Waals surface area contributed by atoms with Crippen molar-refractivity contribution in [1.29, 1.82) is 0 Å². The maximum atomic E-state index is 11.8. The van der Waals surface area contributed by atoms with E-state index in [1.165, 1.54) is 12.1 Å². The molecule has 0 radical (unpaired) electrons. The van der Waals surface area contributed by atoms with E-state index < -0.39 is 11.8 Å². The topological polar surface area (TPSA) is 87.6 Å². The predicted octanol–water partition coefficient (Wildman–Crippen LogP) is 2.16. The van der Waals surface area contributed by atoms with E-state index in [1.54, 1.807) is 42.5 Å². The van der Waals surface area contributed by atoms with Gasteiger partial charge in [0.15, 0.2) is 0 Å². The molecule has 0 aliphatic carbocycles. The Hall–Kier alpha value is -3.02. The molecular formula is C14H11N3O3. The first kappa shape index (κ1) is 13.4. The van der Waals surface area contributed by atoms with Gasteiger partial charge in [0.2, 0.25) is 0 Å². The lowest BCUT2D eigenvalue weighted by Gasteiger charge is -2.08. The molecule has 0 saturated carbocycles. The van der Waals surface area contributed by atoms with Gasteiger partial charge >= 0.3 is 0 Å². The first-order valence-corrected chi connectivity index (χ1v) is 5.80. The van der Waals surface area contributed by atoms with Crippen molar-refractivity contribution in [3.63, 3.8) is 0 Å². The second kappa shape index (κ2) is 6.24. The van der Waals surface area contributed by atoms with E-state index >= 15 is 0 Å². The molecule has 20 heavy (non-hydrogen) atoms. The fourth-order valence-electron chi connectivity index (χ4n) is 1.59. The average Bonchev–Trinajstić information content (AvgIpc) is 2.53. The van der Waals surface area contributed by atoms with Crippen molar-refractivity contribution in [2.45, 2.75) is 0 Å². The summed E-state index contributed by atoms with van der Waals surface area (Å²) >= 11 is 0. The first-order valence-electron chi connectivity index (χ1n) is 5.80. The van der Waals surface area contributed by atoms with Gasteiger partial charge in [-0.05, 0) is 29.4 Å². The predicted molar refractivity (Wildman–Crippen MR) is 73.3 cm³/mol. The molecule has 0 aliphatic heterocycles. The highest BCUT2D eigenvalue weighted by molar-refractivity contribution is 6.01. The number of benzene rings is 2. The third kappa shape index (κ3) is 3.05. The number of carbonyl (C=O) groups excluding carboxylic acids is 2. The lowest BCUT2D eigenvalue weighted by Crippen LogP contribution is -2.41. The second-order valence-electron chi connectivity index (χ2n) is 3.88. The van der Waals surface area contributed by atoms with Crippen molar-refractivity contribution in [2.24, 2.45) is 5.18 Å². The van der Waals surface area contributed by atoms with Crippen LogP contribution in [0.2, 0.25) is 0 Å². The van der Waals surface area contributed by atoms with E-state index in [4.69, 9.17) is 0 Å². The maximum Gasteiger partial charge on any atom is 0.272 e. The van der Waals surface area contributed by atoms with Crippen molar-refractivity contribution in [3.8, 4) is 0 Å². The molecule has 6 heteroatoms. The summed E-state index contributed by atoms with van der Waals surface area (Å²) in [7, 11) is 0. The Bertz CT molecular complexity index is 641. The average molecular weight is 269 g/mol. The number of nitrogens with zero attached hydrogens (tertiary/aromatic N) is 1. The molecule has 0 spiro atoms. The fourth-order valence-corrected chi connectivity index (χ4v) is 1.59. The van der Waals surface area contributed by atoms with Crippen LogP contribution in [0.4, 0.5) is 5.69 Å². The van der Waals surface area contributed by atoms with Gasteiger partial charge in [-0.15, -0.1) is 4.91 Å². The zero-order chi connectivity index (χ0) is 14.4. The van der Waals surface area contributed by atoms with Gasteiger partial charge in [-0.3, -0.25) is 20.4 Å². The molecule has 0 aromatic heterocycles. The minimum atomic E-state index is -0.607. The van der Waals surface area contributed by atoms with Gasteiger partial charge in [0.25, 0.3) is 11.8 Å². The van der Waals surface area contributed by atoms with Gasteiger partial charge in [-0.2, -0.15) is 0 Å². The van der Waals surface area contributed by atoms with Crippen molar-refractivity contribution >= 4 is 17.5 Å². The summed E-state index contributed by atoms with van der Waals surface area (Å²) in [4.78, 5) is 34.1. The van der Waals surface area contributed by atoms with Crippen molar-refractivity contribution < 1.29 is 9.59 Å². The van der Waals surface area contributed by atoms with Gasteiger partial charge in [0.05, 0.1) is 5.56 Å². The van der Waals surface area contributed by atoms with Crippen LogP contribution in [0.5, 0.6) is 0 Å². The largest absolute Gasteiger partial charge is 0.272 e. The number of hydrogen-bond acceptors (Lipinski definition) is 4. The molecule has 0 fully saturated rings. The Morgan fingerprint density at radius 3 is 2.10 bits per heavy atom. The third-order valence-electron chi connectivity index (χ3n) is 2.57. The molecule has 0 aliphatic rings. The zero-order valence-corrected chi connectivity index (χ0v) is 10.4. The number of hydrazine groups is 1. The minimum absolute atomic E-state index is 0.0129. The Labute approximate surface area is 114 Å². The Morgan fingerprint density at radius 1 is 0.800 bits per heavy atom. The van der Waals surface area contributed by atoms with Crippen LogP contribution in [-0.2, 0) is 0 Å². The number of carbonyl (C=O) groups is 2. The van der Waals surface area contributed by atoms with E-state index in [-0.39, 0.29) is 11.3 Å². The van der Waals surface area contributed by atoms with Crippen LogP contribution in [0.3, 0.4) is 0 Å². The summed E-state index contributed by atoms with van der Waals surface area (Å²) in [6.07, 6.45) is 0. The molecule has 2 amide bonds. The smallest absolute Gasteiger partial charge is 0.267 e. The van der Waals surface area contributed by atoms with E-state index in [2.05, 4.69) is 16.0 Å². The fraction of sp³-hybridized carbons (Fsp3) is 0. The van der Waals surface area contributed by atoms with Crippen LogP contribution in [0, 0.1) is 4.91 Å². The quantitative estimate of drug-likeness (QED) is 0.661. The molecule has 2 aromatic carbocycles. The Kier molecular flexibility index (Phi) is 4.18. The minimum Gasteiger partial charge on any atom is -0.267 e. The Morgan fingerprint density at radius 2 is 1.40 bits per heavy atom. The second-order valence-corrected chi connectivity index (χ2v) is 3.88. The SMILES string of the molecule is O=Nc1ccccc1C(=O)NNC(=O)c1ccccc1. The van der Waals surface area contributed by atoms with E-state index in [9.17, 15) is 14.5 Å². The van der Waals surface area contributed by atoms with Crippen LogP contribution in [0.25, 0.3) is 0 Å². The molecule has 0 saturated heterocycles. The lowest BCUT2D eigenvalue weighted by molar-refractivity contribution is 0.0847. The highest BCUT2D eigenvalue weighted by atomic mass is 16.3. The number of rotatable bonds is 3. The number of nitrogens with one attached hydrogen (secondary N) is 2. The summed E-state index contributed by atoms with van der Waals surface area (Å²) < 4.78 is 0. The normalized spacial score (nSPS) is 9.60. The van der Waals surface area contributed by atoms with Gasteiger partial charge in [0.1, 0.15) is 5.69 Å².